The van der Waals surface area contributed by atoms with Gasteiger partial charge in [0.25, 0.3) is 5.91 Å². The van der Waals surface area contributed by atoms with E-state index in [4.69, 9.17) is 21.6 Å². The summed E-state index contributed by atoms with van der Waals surface area (Å²) < 4.78 is 7.29. The van der Waals surface area contributed by atoms with Crippen molar-refractivity contribution in [3.63, 3.8) is 0 Å². The average Bonchev–Trinajstić information content (AvgIpc) is 3.13. The quantitative estimate of drug-likeness (QED) is 0.219. The molecular weight excluding hydrogens is 440 g/mol. The molecule has 33 heavy (non-hydrogen) atoms. The van der Waals surface area contributed by atoms with Crippen molar-refractivity contribution in [2.45, 2.75) is 13.2 Å². The largest absolute Gasteiger partial charge is 0.456 e. The maximum atomic E-state index is 13.2. The Morgan fingerprint density at radius 2 is 1.48 bits per heavy atom. The van der Waals surface area contributed by atoms with Gasteiger partial charge in [-0.2, -0.15) is 0 Å². The van der Waals surface area contributed by atoms with Crippen molar-refractivity contribution in [2.24, 2.45) is 11.5 Å². The van der Waals surface area contributed by atoms with Crippen LogP contribution in [0.1, 0.15) is 37.5 Å². The second-order valence-corrected chi connectivity index (χ2v) is 7.36. The van der Waals surface area contributed by atoms with Crippen molar-refractivity contribution >= 4 is 41.0 Å². The molecule has 0 aliphatic carbocycles. The second kappa shape index (κ2) is 10.0. The van der Waals surface area contributed by atoms with Gasteiger partial charge in [-0.1, -0.05) is 72.8 Å². The molecule has 4 rings (SSSR count). The molecule has 1 aromatic heterocycles. The van der Waals surface area contributed by atoms with Gasteiger partial charge in [-0.05, 0) is 17.2 Å². The molecule has 5 N–H and O–H groups in total. The molecule has 0 fully saturated rings. The van der Waals surface area contributed by atoms with Gasteiger partial charge < -0.3 is 20.8 Å². The van der Waals surface area contributed by atoms with E-state index in [1.807, 2.05) is 54.6 Å². The molecular formula is C25H23ClN4O3. The van der Waals surface area contributed by atoms with Crippen LogP contribution in [0.3, 0.4) is 0 Å². The van der Waals surface area contributed by atoms with Crippen molar-refractivity contribution in [2.75, 3.05) is 0 Å². The number of nitrogen functional groups attached to an aromatic ring is 1. The van der Waals surface area contributed by atoms with E-state index in [1.54, 1.807) is 28.8 Å². The van der Waals surface area contributed by atoms with E-state index in [0.29, 0.717) is 23.0 Å². The van der Waals surface area contributed by atoms with Gasteiger partial charge in [0.05, 0.1) is 5.56 Å². The van der Waals surface area contributed by atoms with E-state index in [0.717, 1.165) is 11.1 Å². The van der Waals surface area contributed by atoms with Crippen molar-refractivity contribution in [1.82, 2.24) is 4.57 Å². The van der Waals surface area contributed by atoms with Gasteiger partial charge in [-0.15, -0.1) is 12.4 Å². The van der Waals surface area contributed by atoms with E-state index >= 15 is 0 Å². The number of nitrogens with zero attached hydrogens (tertiary/aromatic N) is 1. The molecule has 0 saturated carbocycles. The summed E-state index contributed by atoms with van der Waals surface area (Å²) in [5, 5.41) is 8.14. The van der Waals surface area contributed by atoms with Crippen LogP contribution >= 0.6 is 12.4 Å². The van der Waals surface area contributed by atoms with Gasteiger partial charge in [0.2, 0.25) is 0 Å². The molecule has 8 heteroatoms. The topological polar surface area (TPSA) is 124 Å². The third-order valence-corrected chi connectivity index (χ3v) is 5.23. The highest BCUT2D eigenvalue weighted by molar-refractivity contribution is 6.14. The number of hydrogen-bond donors (Lipinski definition) is 3. The minimum absolute atomic E-state index is 0. The van der Waals surface area contributed by atoms with Crippen LogP contribution in [0.4, 0.5) is 0 Å². The van der Waals surface area contributed by atoms with Gasteiger partial charge in [0, 0.05) is 23.0 Å². The Labute approximate surface area is 196 Å². The van der Waals surface area contributed by atoms with E-state index < -0.39 is 11.9 Å². The Morgan fingerprint density at radius 1 is 0.848 bits per heavy atom. The predicted molar refractivity (Wildman–Crippen MR) is 130 cm³/mol. The molecule has 1 heterocycles. The predicted octanol–water partition coefficient (Wildman–Crippen LogP) is 3.85. The number of esters is 1. The number of para-hydroxylation sites is 1. The van der Waals surface area contributed by atoms with Gasteiger partial charge >= 0.3 is 5.97 Å². The summed E-state index contributed by atoms with van der Waals surface area (Å²) in [5.74, 6) is -1.35. The lowest BCUT2D eigenvalue weighted by atomic mass is 10.1. The van der Waals surface area contributed by atoms with Crippen molar-refractivity contribution in [1.29, 1.82) is 5.41 Å². The summed E-state index contributed by atoms with van der Waals surface area (Å²) in [6, 6.07) is 23.7. The molecule has 0 atom stereocenters. The van der Waals surface area contributed by atoms with Crippen LogP contribution in [0.25, 0.3) is 10.9 Å². The Hall–Kier alpha value is -4.10. The fraction of sp³-hybridized carbons (Fsp3) is 0.0800. The van der Waals surface area contributed by atoms with Crippen LogP contribution in [0, 0.1) is 5.41 Å². The lowest BCUT2D eigenvalue weighted by molar-refractivity contribution is 0.0458. The smallest absolute Gasteiger partial charge is 0.356 e. The highest BCUT2D eigenvalue weighted by Crippen LogP contribution is 2.28. The normalized spacial score (nSPS) is 10.4. The number of hydrogen-bond acceptors (Lipinski definition) is 4. The minimum Gasteiger partial charge on any atom is -0.456 e. The summed E-state index contributed by atoms with van der Waals surface area (Å²) in [6.45, 7) is 0.383. The second-order valence-electron chi connectivity index (χ2n) is 7.36. The van der Waals surface area contributed by atoms with Gasteiger partial charge in [0.1, 0.15) is 18.1 Å². The summed E-state index contributed by atoms with van der Waals surface area (Å²) >= 11 is 0. The van der Waals surface area contributed by atoms with Gasteiger partial charge in [-0.3, -0.25) is 10.2 Å². The molecule has 0 aliphatic rings. The average molecular weight is 463 g/mol. The Balaban J connectivity index is 0.00000306. The van der Waals surface area contributed by atoms with E-state index in [-0.39, 0.29) is 36.1 Å². The fourth-order valence-electron chi connectivity index (χ4n) is 3.69. The first kappa shape index (κ1) is 23.6. The van der Waals surface area contributed by atoms with E-state index in [2.05, 4.69) is 0 Å². The lowest BCUT2D eigenvalue weighted by Gasteiger charge is -2.12. The number of amidine groups is 1. The molecule has 0 unspecified atom stereocenters. The van der Waals surface area contributed by atoms with Crippen LogP contribution in [-0.4, -0.2) is 22.3 Å². The molecule has 4 aromatic rings. The maximum Gasteiger partial charge on any atom is 0.356 e. The van der Waals surface area contributed by atoms with Crippen molar-refractivity contribution in [3.05, 3.63) is 107 Å². The zero-order valence-electron chi connectivity index (χ0n) is 17.7. The van der Waals surface area contributed by atoms with E-state index in [9.17, 15) is 9.59 Å². The molecule has 1 amide bonds. The monoisotopic (exact) mass is 462 g/mol. The maximum absolute atomic E-state index is 13.2. The van der Waals surface area contributed by atoms with Crippen molar-refractivity contribution in [3.8, 4) is 0 Å². The minimum atomic E-state index is -0.696. The number of nitrogens with one attached hydrogen (secondary N) is 1. The van der Waals surface area contributed by atoms with Crippen LogP contribution in [0.15, 0.2) is 78.9 Å². The third kappa shape index (κ3) is 4.88. The first-order valence-corrected chi connectivity index (χ1v) is 10.0. The zero-order chi connectivity index (χ0) is 22.7. The number of fused-ring (bicyclic) bond motifs is 1. The summed E-state index contributed by atoms with van der Waals surface area (Å²) in [7, 11) is 0. The number of rotatable bonds is 7. The fourth-order valence-corrected chi connectivity index (χ4v) is 3.69. The molecule has 0 bridgehead atoms. The SMILES string of the molecule is Cl.N=C(N)c1ccc(Cn2c(C(=O)OCc3ccccc3)c(C(N)=O)c3ccccc32)cc1. The lowest BCUT2D eigenvalue weighted by Crippen LogP contribution is -2.20. The van der Waals surface area contributed by atoms with Crippen LogP contribution in [0.2, 0.25) is 0 Å². The Kier molecular flexibility index (Phi) is 7.15. The molecule has 7 nitrogen and oxygen atoms in total. The summed E-state index contributed by atoms with van der Waals surface area (Å²) in [4.78, 5) is 25.5. The Bertz CT molecular complexity index is 1320. The van der Waals surface area contributed by atoms with Gasteiger partial charge in [-0.25, -0.2) is 4.79 Å². The standard InChI is InChI=1S/C25H22N4O3.ClH/c26-23(27)18-12-10-16(11-13-18)14-29-20-9-5-4-8-19(20)21(24(28)30)22(29)25(31)32-15-17-6-2-1-3-7-17;/h1-13H,14-15H2,(H3,26,27)(H2,28,30);1H. The molecule has 168 valence electrons. The first-order chi connectivity index (χ1) is 15.5. The number of primary amides is 1. The summed E-state index contributed by atoms with van der Waals surface area (Å²) in [5.41, 5.74) is 14.5. The number of benzene rings is 3. The number of amides is 1. The highest BCUT2D eigenvalue weighted by atomic mass is 35.5. The van der Waals surface area contributed by atoms with Crippen LogP contribution in [-0.2, 0) is 17.9 Å². The first-order valence-electron chi connectivity index (χ1n) is 10.0. The van der Waals surface area contributed by atoms with Crippen LogP contribution < -0.4 is 11.5 Å². The number of aromatic nitrogens is 1. The Morgan fingerprint density at radius 3 is 2.12 bits per heavy atom. The van der Waals surface area contributed by atoms with Crippen LogP contribution in [0.5, 0.6) is 0 Å². The highest BCUT2D eigenvalue weighted by Gasteiger charge is 2.27. The molecule has 0 saturated heterocycles. The number of nitrogens with two attached hydrogens (primary N) is 2. The van der Waals surface area contributed by atoms with E-state index in [1.165, 1.54) is 0 Å². The molecule has 3 aromatic carbocycles. The number of carbonyl (C=O) groups is 2. The number of carbonyl (C=O) groups excluding carboxylic acids is 2. The number of ether oxygens (including phenoxy) is 1. The molecule has 0 radical (unpaired) electrons. The number of halogens is 1. The van der Waals surface area contributed by atoms with Crippen molar-refractivity contribution < 1.29 is 14.3 Å². The summed E-state index contributed by atoms with van der Waals surface area (Å²) in [6.07, 6.45) is 0. The molecule has 0 spiro atoms. The van der Waals surface area contributed by atoms with Gasteiger partial charge in [0.15, 0.2) is 0 Å². The zero-order valence-corrected chi connectivity index (χ0v) is 18.5. The third-order valence-electron chi connectivity index (χ3n) is 5.23. The molecule has 0 aliphatic heterocycles.